The van der Waals surface area contributed by atoms with Crippen LogP contribution in [0.2, 0.25) is 0 Å². The molecule has 2 N–H and O–H groups in total. The van der Waals surface area contributed by atoms with Crippen LogP contribution in [0.1, 0.15) is 5.56 Å². The molecule has 0 atom stereocenters. The summed E-state index contributed by atoms with van der Waals surface area (Å²) in [6.45, 7) is 0.284. The van der Waals surface area contributed by atoms with Gasteiger partial charge in [-0.25, -0.2) is 0 Å². The van der Waals surface area contributed by atoms with Crippen LogP contribution < -0.4 is 15.2 Å². The van der Waals surface area contributed by atoms with Gasteiger partial charge in [-0.1, -0.05) is 12.1 Å². The van der Waals surface area contributed by atoms with Crippen molar-refractivity contribution in [3.63, 3.8) is 0 Å². The number of halogens is 4. The molecule has 0 bridgehead atoms. The summed E-state index contributed by atoms with van der Waals surface area (Å²) in [4.78, 5) is 0. The minimum atomic E-state index is -4.73. The molecule has 0 heterocycles. The van der Waals surface area contributed by atoms with Crippen molar-refractivity contribution in [2.24, 2.45) is 0 Å². The van der Waals surface area contributed by atoms with Crippen molar-refractivity contribution >= 4 is 21.6 Å². The topological polar surface area (TPSA) is 44.5 Å². The number of hydrogen-bond donors (Lipinski definition) is 1. The monoisotopic (exact) mass is 361 g/mol. The van der Waals surface area contributed by atoms with Gasteiger partial charge in [0, 0.05) is 5.69 Å². The smallest absolute Gasteiger partial charge is 0.489 e. The molecule has 0 saturated heterocycles. The number of alkyl halides is 3. The Morgan fingerprint density at radius 1 is 1.05 bits per heavy atom. The molecule has 0 radical (unpaired) electrons. The molecule has 2 aromatic rings. The standard InChI is InChI=1S/C14H11BrF3NO2/c15-12-7-11(5-6-13(12)21-14(16,17)18)20-8-9-1-3-10(19)4-2-9/h1-7H,8,19H2. The van der Waals surface area contributed by atoms with Crippen LogP contribution >= 0.6 is 15.9 Å². The molecule has 0 amide bonds. The summed E-state index contributed by atoms with van der Waals surface area (Å²) in [5.74, 6) is 0.107. The van der Waals surface area contributed by atoms with Gasteiger partial charge in [0.2, 0.25) is 0 Å². The molecule has 0 unspecified atom stereocenters. The van der Waals surface area contributed by atoms with E-state index < -0.39 is 6.36 Å². The highest BCUT2D eigenvalue weighted by molar-refractivity contribution is 9.10. The molecule has 0 aromatic heterocycles. The summed E-state index contributed by atoms with van der Waals surface area (Å²) < 4.78 is 45.9. The van der Waals surface area contributed by atoms with Gasteiger partial charge in [-0.15, -0.1) is 13.2 Å². The molecule has 3 nitrogen and oxygen atoms in total. The maximum absolute atomic E-state index is 12.1. The maximum Gasteiger partial charge on any atom is 0.573 e. The van der Waals surface area contributed by atoms with Gasteiger partial charge < -0.3 is 15.2 Å². The lowest BCUT2D eigenvalue weighted by Crippen LogP contribution is -2.17. The van der Waals surface area contributed by atoms with E-state index in [1.165, 1.54) is 18.2 Å². The lowest BCUT2D eigenvalue weighted by atomic mass is 10.2. The fourth-order valence-corrected chi connectivity index (χ4v) is 2.00. The van der Waals surface area contributed by atoms with Crippen LogP contribution in [-0.4, -0.2) is 6.36 Å². The first kappa shape index (κ1) is 15.5. The lowest BCUT2D eigenvalue weighted by Gasteiger charge is -2.12. The highest BCUT2D eigenvalue weighted by Gasteiger charge is 2.31. The Hall–Kier alpha value is -1.89. The maximum atomic E-state index is 12.1. The van der Waals surface area contributed by atoms with Crippen LogP contribution in [0.4, 0.5) is 18.9 Å². The van der Waals surface area contributed by atoms with Crippen LogP contribution in [0.3, 0.4) is 0 Å². The summed E-state index contributed by atoms with van der Waals surface area (Å²) in [6.07, 6.45) is -4.73. The van der Waals surface area contributed by atoms with E-state index in [1.54, 1.807) is 12.1 Å². The summed E-state index contributed by atoms with van der Waals surface area (Å²) in [6, 6.07) is 11.1. The van der Waals surface area contributed by atoms with E-state index in [0.717, 1.165) is 5.56 Å². The number of nitrogen functional groups attached to an aromatic ring is 1. The highest BCUT2D eigenvalue weighted by Crippen LogP contribution is 2.33. The molecule has 2 rings (SSSR count). The second-order valence-corrected chi connectivity index (χ2v) is 5.02. The summed E-state index contributed by atoms with van der Waals surface area (Å²) in [7, 11) is 0. The van der Waals surface area contributed by atoms with Gasteiger partial charge in [0.05, 0.1) is 4.47 Å². The second kappa shape index (κ2) is 6.26. The molecule has 0 aliphatic rings. The number of benzene rings is 2. The second-order valence-electron chi connectivity index (χ2n) is 4.17. The largest absolute Gasteiger partial charge is 0.573 e. The minimum absolute atomic E-state index is 0.162. The molecule has 21 heavy (non-hydrogen) atoms. The zero-order chi connectivity index (χ0) is 15.5. The summed E-state index contributed by atoms with van der Waals surface area (Å²) >= 11 is 3.01. The number of hydrogen-bond acceptors (Lipinski definition) is 3. The van der Waals surface area contributed by atoms with Gasteiger partial charge in [0.25, 0.3) is 0 Å². The van der Waals surface area contributed by atoms with Crippen molar-refractivity contribution in [1.29, 1.82) is 0 Å². The van der Waals surface area contributed by atoms with Crippen molar-refractivity contribution in [1.82, 2.24) is 0 Å². The molecule has 0 spiro atoms. The Kier molecular flexibility index (Phi) is 4.62. The molecule has 2 aromatic carbocycles. The fourth-order valence-electron chi connectivity index (χ4n) is 1.56. The molecule has 0 fully saturated rings. The first-order valence-corrected chi connectivity index (χ1v) is 6.65. The zero-order valence-electron chi connectivity index (χ0n) is 10.7. The van der Waals surface area contributed by atoms with Gasteiger partial charge in [-0.3, -0.25) is 0 Å². The van der Waals surface area contributed by atoms with Gasteiger partial charge in [0.1, 0.15) is 18.1 Å². The number of anilines is 1. The third-order valence-corrected chi connectivity index (χ3v) is 3.13. The van der Waals surface area contributed by atoms with Crippen LogP contribution in [0.5, 0.6) is 11.5 Å². The van der Waals surface area contributed by atoms with Crippen LogP contribution in [0.25, 0.3) is 0 Å². The van der Waals surface area contributed by atoms with E-state index in [-0.39, 0.29) is 16.8 Å². The Bertz CT molecular complexity index is 615. The Morgan fingerprint density at radius 2 is 1.71 bits per heavy atom. The number of rotatable bonds is 4. The van der Waals surface area contributed by atoms with Crippen molar-refractivity contribution in [3.8, 4) is 11.5 Å². The van der Waals surface area contributed by atoms with Crippen molar-refractivity contribution in [2.45, 2.75) is 13.0 Å². The fraction of sp³-hybridized carbons (Fsp3) is 0.143. The van der Waals surface area contributed by atoms with Crippen LogP contribution in [0.15, 0.2) is 46.9 Å². The Balaban J connectivity index is 2.01. The summed E-state index contributed by atoms with van der Waals surface area (Å²) in [5.41, 5.74) is 7.12. The van der Waals surface area contributed by atoms with E-state index in [4.69, 9.17) is 10.5 Å². The van der Waals surface area contributed by atoms with Gasteiger partial charge in [0.15, 0.2) is 0 Å². The molecule has 7 heteroatoms. The van der Waals surface area contributed by atoms with Crippen molar-refractivity contribution in [3.05, 3.63) is 52.5 Å². The van der Waals surface area contributed by atoms with Gasteiger partial charge >= 0.3 is 6.36 Å². The highest BCUT2D eigenvalue weighted by atomic mass is 79.9. The van der Waals surface area contributed by atoms with E-state index >= 15 is 0 Å². The lowest BCUT2D eigenvalue weighted by molar-refractivity contribution is -0.274. The average molecular weight is 362 g/mol. The average Bonchev–Trinajstić information content (AvgIpc) is 2.40. The van der Waals surface area contributed by atoms with E-state index in [0.29, 0.717) is 11.4 Å². The first-order chi connectivity index (χ1) is 9.83. The third kappa shape index (κ3) is 4.86. The SMILES string of the molecule is Nc1ccc(COc2ccc(OC(F)(F)F)c(Br)c2)cc1. The molecule has 0 aliphatic heterocycles. The number of nitrogens with two attached hydrogens (primary N) is 1. The Morgan fingerprint density at radius 3 is 2.29 bits per heavy atom. The summed E-state index contributed by atoms with van der Waals surface area (Å²) in [5, 5.41) is 0. The predicted octanol–water partition coefficient (Wildman–Crippen LogP) is 4.51. The predicted molar refractivity (Wildman–Crippen MR) is 76.0 cm³/mol. The Labute approximate surface area is 127 Å². The molecular weight excluding hydrogens is 351 g/mol. The molecule has 0 saturated carbocycles. The van der Waals surface area contributed by atoms with Crippen molar-refractivity contribution in [2.75, 3.05) is 5.73 Å². The van der Waals surface area contributed by atoms with Crippen molar-refractivity contribution < 1.29 is 22.6 Å². The van der Waals surface area contributed by atoms with Gasteiger partial charge in [-0.05, 0) is 51.8 Å². The van der Waals surface area contributed by atoms with Crippen LogP contribution in [-0.2, 0) is 6.61 Å². The van der Waals surface area contributed by atoms with E-state index in [2.05, 4.69) is 20.7 Å². The van der Waals surface area contributed by atoms with E-state index in [9.17, 15) is 13.2 Å². The minimum Gasteiger partial charge on any atom is -0.489 e. The number of ether oxygens (including phenoxy) is 2. The molecular formula is C14H11BrF3NO2. The first-order valence-electron chi connectivity index (χ1n) is 5.86. The normalized spacial score (nSPS) is 11.2. The quantitative estimate of drug-likeness (QED) is 0.814. The third-order valence-electron chi connectivity index (χ3n) is 2.51. The van der Waals surface area contributed by atoms with E-state index in [1.807, 2.05) is 12.1 Å². The van der Waals surface area contributed by atoms with Crippen LogP contribution in [0, 0.1) is 0 Å². The van der Waals surface area contributed by atoms with Gasteiger partial charge in [-0.2, -0.15) is 0 Å². The molecule has 112 valence electrons. The molecule has 0 aliphatic carbocycles. The zero-order valence-corrected chi connectivity index (χ0v) is 12.2.